The number of likely N-dealkylation sites (N-methyl/N-ethyl adjacent to an activating group) is 2. The maximum atomic E-state index is 13.8. The molecule has 0 aliphatic carbocycles. The van der Waals surface area contributed by atoms with E-state index < -0.39 is 28.8 Å². The van der Waals surface area contributed by atoms with E-state index in [0.29, 0.717) is 0 Å². The lowest BCUT2D eigenvalue weighted by atomic mass is 10.1. The Morgan fingerprint density at radius 3 is 2.35 bits per heavy atom. The van der Waals surface area contributed by atoms with Gasteiger partial charge in [0.2, 0.25) is 5.91 Å². The molecule has 0 spiro atoms. The van der Waals surface area contributed by atoms with Crippen LogP contribution in [0.3, 0.4) is 0 Å². The highest BCUT2D eigenvalue weighted by Crippen LogP contribution is 2.19. The number of benzene rings is 1. The standard InChI is InChI=1S/C13H17F2N3O2/c1-4-18(7-11(19)17(2)3)13(20)9-5-8(14)6-10(16)12(9)15/h5-6H,4,7,16H2,1-3H3. The highest BCUT2D eigenvalue weighted by Gasteiger charge is 2.23. The van der Waals surface area contributed by atoms with Crippen molar-refractivity contribution in [2.45, 2.75) is 6.92 Å². The Labute approximate surface area is 115 Å². The average molecular weight is 285 g/mol. The maximum absolute atomic E-state index is 13.8. The summed E-state index contributed by atoms with van der Waals surface area (Å²) in [6, 6.07) is 1.57. The third-order valence-electron chi connectivity index (χ3n) is 2.79. The fourth-order valence-electron chi connectivity index (χ4n) is 1.57. The largest absolute Gasteiger partial charge is 0.396 e. The first kappa shape index (κ1) is 15.9. The van der Waals surface area contributed by atoms with Gasteiger partial charge in [-0.3, -0.25) is 9.59 Å². The third-order valence-corrected chi connectivity index (χ3v) is 2.79. The van der Waals surface area contributed by atoms with Gasteiger partial charge in [-0.05, 0) is 19.1 Å². The van der Waals surface area contributed by atoms with Gasteiger partial charge in [-0.15, -0.1) is 0 Å². The van der Waals surface area contributed by atoms with Crippen LogP contribution in [0.25, 0.3) is 0 Å². The molecule has 0 heterocycles. The topological polar surface area (TPSA) is 66.6 Å². The zero-order valence-electron chi connectivity index (χ0n) is 11.6. The first-order chi connectivity index (χ1) is 9.27. The van der Waals surface area contributed by atoms with Gasteiger partial charge in [-0.2, -0.15) is 0 Å². The van der Waals surface area contributed by atoms with Gasteiger partial charge in [0.05, 0.1) is 17.8 Å². The van der Waals surface area contributed by atoms with Crippen LogP contribution in [0.2, 0.25) is 0 Å². The zero-order valence-corrected chi connectivity index (χ0v) is 11.6. The van der Waals surface area contributed by atoms with Crippen molar-refractivity contribution in [1.29, 1.82) is 0 Å². The van der Waals surface area contributed by atoms with Gasteiger partial charge in [0.25, 0.3) is 5.91 Å². The van der Waals surface area contributed by atoms with Crippen molar-refractivity contribution in [3.8, 4) is 0 Å². The van der Waals surface area contributed by atoms with Crippen LogP contribution in [0.15, 0.2) is 12.1 Å². The fraction of sp³-hybridized carbons (Fsp3) is 0.385. The first-order valence-electron chi connectivity index (χ1n) is 6.01. The van der Waals surface area contributed by atoms with E-state index in [1.54, 1.807) is 21.0 Å². The summed E-state index contributed by atoms with van der Waals surface area (Å²) >= 11 is 0. The second-order valence-electron chi connectivity index (χ2n) is 4.46. The summed E-state index contributed by atoms with van der Waals surface area (Å²) in [6.45, 7) is 1.62. The molecule has 0 aliphatic rings. The molecule has 0 radical (unpaired) electrons. The predicted molar refractivity (Wildman–Crippen MR) is 71.0 cm³/mol. The van der Waals surface area contributed by atoms with E-state index in [1.165, 1.54) is 4.90 Å². The van der Waals surface area contributed by atoms with Crippen LogP contribution >= 0.6 is 0 Å². The summed E-state index contributed by atoms with van der Waals surface area (Å²) in [5, 5.41) is 0. The molecular weight excluding hydrogens is 268 g/mol. The average Bonchev–Trinajstić information content (AvgIpc) is 2.38. The predicted octanol–water partition coefficient (Wildman–Crippen LogP) is 1.10. The van der Waals surface area contributed by atoms with E-state index in [0.717, 1.165) is 17.0 Å². The van der Waals surface area contributed by atoms with Crippen LogP contribution in [0, 0.1) is 11.6 Å². The van der Waals surface area contributed by atoms with Crippen LogP contribution in [-0.4, -0.2) is 48.8 Å². The number of rotatable bonds is 4. The highest BCUT2D eigenvalue weighted by atomic mass is 19.1. The summed E-state index contributed by atoms with van der Waals surface area (Å²) in [6.07, 6.45) is 0. The Balaban J connectivity index is 3.06. The Hall–Kier alpha value is -2.18. The van der Waals surface area contributed by atoms with Gasteiger partial charge in [-0.25, -0.2) is 8.78 Å². The van der Waals surface area contributed by atoms with Crippen LogP contribution in [-0.2, 0) is 4.79 Å². The Bertz CT molecular complexity index is 533. The maximum Gasteiger partial charge on any atom is 0.257 e. The number of halogens is 2. The number of amides is 2. The molecule has 0 bridgehead atoms. The van der Waals surface area contributed by atoms with E-state index in [9.17, 15) is 18.4 Å². The van der Waals surface area contributed by atoms with Gasteiger partial charge >= 0.3 is 0 Å². The van der Waals surface area contributed by atoms with Crippen molar-refractivity contribution >= 4 is 17.5 Å². The molecule has 0 aromatic heterocycles. The summed E-state index contributed by atoms with van der Waals surface area (Å²) in [7, 11) is 3.09. The molecule has 110 valence electrons. The summed E-state index contributed by atoms with van der Waals surface area (Å²) < 4.78 is 27.0. The molecule has 7 heteroatoms. The molecule has 0 saturated heterocycles. The van der Waals surface area contributed by atoms with Crippen molar-refractivity contribution in [1.82, 2.24) is 9.80 Å². The molecule has 0 fully saturated rings. The Kier molecular flexibility index (Phi) is 5.01. The molecule has 20 heavy (non-hydrogen) atoms. The molecule has 2 N–H and O–H groups in total. The molecule has 0 aliphatic heterocycles. The van der Waals surface area contributed by atoms with Crippen LogP contribution in [0.4, 0.5) is 14.5 Å². The lowest BCUT2D eigenvalue weighted by molar-refractivity contribution is -0.129. The van der Waals surface area contributed by atoms with Crippen LogP contribution in [0.1, 0.15) is 17.3 Å². The number of anilines is 1. The molecule has 5 nitrogen and oxygen atoms in total. The normalized spacial score (nSPS) is 10.2. The molecule has 2 amide bonds. The van der Waals surface area contributed by atoms with Gasteiger partial charge < -0.3 is 15.5 Å². The van der Waals surface area contributed by atoms with Crippen LogP contribution in [0.5, 0.6) is 0 Å². The van der Waals surface area contributed by atoms with E-state index >= 15 is 0 Å². The first-order valence-corrected chi connectivity index (χ1v) is 6.01. The Morgan fingerprint density at radius 1 is 1.25 bits per heavy atom. The smallest absolute Gasteiger partial charge is 0.257 e. The molecule has 0 saturated carbocycles. The zero-order chi connectivity index (χ0) is 15.4. The van der Waals surface area contributed by atoms with Crippen molar-refractivity contribution in [3.05, 3.63) is 29.3 Å². The van der Waals surface area contributed by atoms with Crippen molar-refractivity contribution < 1.29 is 18.4 Å². The van der Waals surface area contributed by atoms with Crippen molar-refractivity contribution in [2.75, 3.05) is 32.9 Å². The number of nitrogens with two attached hydrogens (primary N) is 1. The quantitative estimate of drug-likeness (QED) is 0.842. The highest BCUT2D eigenvalue weighted by molar-refractivity contribution is 5.97. The second kappa shape index (κ2) is 6.31. The van der Waals surface area contributed by atoms with E-state index in [1.807, 2.05) is 0 Å². The molecular formula is C13H17F2N3O2. The van der Waals surface area contributed by atoms with E-state index in [2.05, 4.69) is 0 Å². The monoisotopic (exact) mass is 285 g/mol. The third kappa shape index (κ3) is 3.43. The van der Waals surface area contributed by atoms with Crippen molar-refractivity contribution in [2.24, 2.45) is 0 Å². The van der Waals surface area contributed by atoms with E-state index in [-0.39, 0.29) is 19.0 Å². The Morgan fingerprint density at radius 2 is 1.85 bits per heavy atom. The number of nitrogens with zero attached hydrogens (tertiary/aromatic N) is 2. The minimum atomic E-state index is -0.979. The van der Waals surface area contributed by atoms with Gasteiger partial charge in [0.15, 0.2) is 5.82 Å². The number of hydrogen-bond acceptors (Lipinski definition) is 3. The second-order valence-corrected chi connectivity index (χ2v) is 4.46. The summed E-state index contributed by atoms with van der Waals surface area (Å²) in [4.78, 5) is 26.2. The number of carbonyl (C=O) groups is 2. The van der Waals surface area contributed by atoms with E-state index in [4.69, 9.17) is 5.73 Å². The SMILES string of the molecule is CCN(CC(=O)N(C)C)C(=O)c1cc(F)cc(N)c1F. The van der Waals surface area contributed by atoms with Gasteiger partial charge in [0.1, 0.15) is 5.82 Å². The van der Waals surface area contributed by atoms with Gasteiger partial charge in [0, 0.05) is 20.6 Å². The lowest BCUT2D eigenvalue weighted by Gasteiger charge is -2.22. The lowest BCUT2D eigenvalue weighted by Crippen LogP contribution is -2.40. The number of carbonyl (C=O) groups excluding carboxylic acids is 2. The van der Waals surface area contributed by atoms with Crippen LogP contribution < -0.4 is 5.73 Å². The number of nitrogen functional groups attached to an aromatic ring is 1. The fourth-order valence-corrected chi connectivity index (χ4v) is 1.57. The summed E-state index contributed by atoms with van der Waals surface area (Å²) in [5.41, 5.74) is 4.37. The molecule has 1 rings (SSSR count). The molecule has 0 unspecified atom stereocenters. The molecule has 0 atom stereocenters. The number of hydrogen-bond donors (Lipinski definition) is 1. The molecule has 1 aromatic carbocycles. The van der Waals surface area contributed by atoms with Gasteiger partial charge in [-0.1, -0.05) is 0 Å². The minimum Gasteiger partial charge on any atom is -0.396 e. The molecule has 1 aromatic rings. The van der Waals surface area contributed by atoms with Crippen molar-refractivity contribution in [3.63, 3.8) is 0 Å². The summed E-state index contributed by atoms with van der Waals surface area (Å²) in [5.74, 6) is -2.87. The minimum absolute atomic E-state index is 0.189.